The minimum atomic E-state index is -4.52. The third-order valence-corrected chi connectivity index (χ3v) is 3.91. The van der Waals surface area contributed by atoms with Crippen molar-refractivity contribution in [2.24, 2.45) is 0 Å². The van der Waals surface area contributed by atoms with Gasteiger partial charge in [-0.05, 0) is 43.2 Å². The van der Waals surface area contributed by atoms with Crippen molar-refractivity contribution < 1.29 is 22.7 Å². The quantitative estimate of drug-likeness (QED) is 0.771. The summed E-state index contributed by atoms with van der Waals surface area (Å²) in [5, 5.41) is 2.40. The summed E-state index contributed by atoms with van der Waals surface area (Å²) >= 11 is 5.88. The smallest absolute Gasteiger partial charge is 0.416 e. The molecule has 2 aromatic carbocycles. The van der Waals surface area contributed by atoms with E-state index in [1.807, 2.05) is 19.1 Å². The number of amides is 1. The van der Waals surface area contributed by atoms with Gasteiger partial charge in [-0.2, -0.15) is 13.2 Å². The van der Waals surface area contributed by atoms with Crippen molar-refractivity contribution in [2.45, 2.75) is 32.5 Å². The lowest BCUT2D eigenvalue weighted by atomic mass is 10.1. The Bertz CT molecular complexity index is 762. The SMILES string of the molecule is CCc1ccccc1OC(C)C(=O)Nc1cc(C(F)(F)F)ccc1Cl. The lowest BCUT2D eigenvalue weighted by Crippen LogP contribution is -2.30. The first-order chi connectivity index (χ1) is 11.7. The predicted octanol–water partition coefficient (Wildman–Crippen LogP) is 5.33. The van der Waals surface area contributed by atoms with E-state index in [9.17, 15) is 18.0 Å². The van der Waals surface area contributed by atoms with Crippen LogP contribution in [0.1, 0.15) is 25.0 Å². The molecule has 0 saturated heterocycles. The van der Waals surface area contributed by atoms with Crippen LogP contribution in [-0.4, -0.2) is 12.0 Å². The van der Waals surface area contributed by atoms with Crippen LogP contribution in [0, 0.1) is 0 Å². The first kappa shape index (κ1) is 19.1. The van der Waals surface area contributed by atoms with Crippen molar-refractivity contribution >= 4 is 23.2 Å². The molecule has 0 spiro atoms. The third kappa shape index (κ3) is 4.89. The normalized spacial score (nSPS) is 12.6. The number of nitrogens with one attached hydrogen (secondary N) is 1. The Kier molecular flexibility index (Phi) is 5.95. The number of para-hydroxylation sites is 1. The summed E-state index contributed by atoms with van der Waals surface area (Å²) in [5.74, 6) is -0.0325. The first-order valence-corrected chi connectivity index (χ1v) is 8.02. The summed E-state index contributed by atoms with van der Waals surface area (Å²) in [4.78, 5) is 12.3. The molecular formula is C18H17ClF3NO2. The Morgan fingerprint density at radius 3 is 2.56 bits per heavy atom. The molecule has 0 aliphatic heterocycles. The monoisotopic (exact) mass is 371 g/mol. The van der Waals surface area contributed by atoms with E-state index in [-0.39, 0.29) is 10.7 Å². The van der Waals surface area contributed by atoms with Crippen molar-refractivity contribution in [3.63, 3.8) is 0 Å². The van der Waals surface area contributed by atoms with Gasteiger partial charge in [0.1, 0.15) is 5.75 Å². The molecule has 1 N–H and O–H groups in total. The number of alkyl halides is 3. The van der Waals surface area contributed by atoms with Crippen LogP contribution in [-0.2, 0) is 17.4 Å². The van der Waals surface area contributed by atoms with Gasteiger partial charge in [-0.1, -0.05) is 36.7 Å². The zero-order chi connectivity index (χ0) is 18.6. The lowest BCUT2D eigenvalue weighted by Gasteiger charge is -2.18. The fourth-order valence-corrected chi connectivity index (χ4v) is 2.35. The first-order valence-electron chi connectivity index (χ1n) is 7.64. The van der Waals surface area contributed by atoms with E-state index >= 15 is 0 Å². The molecule has 25 heavy (non-hydrogen) atoms. The van der Waals surface area contributed by atoms with Gasteiger partial charge in [0.05, 0.1) is 16.3 Å². The van der Waals surface area contributed by atoms with Gasteiger partial charge in [0.15, 0.2) is 6.10 Å². The molecule has 0 aliphatic rings. The largest absolute Gasteiger partial charge is 0.481 e. The maximum atomic E-state index is 12.8. The van der Waals surface area contributed by atoms with Crippen molar-refractivity contribution in [2.75, 3.05) is 5.32 Å². The Hall–Kier alpha value is -2.21. The minimum Gasteiger partial charge on any atom is -0.481 e. The van der Waals surface area contributed by atoms with E-state index in [0.29, 0.717) is 5.75 Å². The zero-order valence-electron chi connectivity index (χ0n) is 13.7. The molecule has 0 saturated carbocycles. The van der Waals surface area contributed by atoms with Crippen molar-refractivity contribution in [3.8, 4) is 5.75 Å². The summed E-state index contributed by atoms with van der Waals surface area (Å²) in [6.07, 6.45) is -4.70. The van der Waals surface area contributed by atoms with Crippen LogP contribution in [0.2, 0.25) is 5.02 Å². The maximum absolute atomic E-state index is 12.8. The second kappa shape index (κ2) is 7.78. The Morgan fingerprint density at radius 2 is 1.92 bits per heavy atom. The number of hydrogen-bond acceptors (Lipinski definition) is 2. The Morgan fingerprint density at radius 1 is 1.24 bits per heavy atom. The second-order valence-corrected chi connectivity index (χ2v) is 5.81. The Labute approximate surface area is 148 Å². The predicted molar refractivity (Wildman–Crippen MR) is 91.0 cm³/mol. The fraction of sp³-hybridized carbons (Fsp3) is 0.278. The van der Waals surface area contributed by atoms with Crippen LogP contribution in [0.15, 0.2) is 42.5 Å². The molecule has 1 amide bonds. The van der Waals surface area contributed by atoms with Crippen molar-refractivity contribution in [1.29, 1.82) is 0 Å². The average molecular weight is 372 g/mol. The number of anilines is 1. The Balaban J connectivity index is 2.14. The van der Waals surface area contributed by atoms with Crippen LogP contribution in [0.5, 0.6) is 5.75 Å². The number of hydrogen-bond donors (Lipinski definition) is 1. The standard InChI is InChI=1S/C18H17ClF3NO2/c1-3-12-6-4-5-7-16(12)25-11(2)17(24)23-15-10-13(18(20,21)22)8-9-14(15)19/h4-11H,3H2,1-2H3,(H,23,24). The second-order valence-electron chi connectivity index (χ2n) is 5.40. The van der Waals surface area contributed by atoms with Crippen LogP contribution >= 0.6 is 11.6 Å². The van der Waals surface area contributed by atoms with Gasteiger partial charge in [0.2, 0.25) is 0 Å². The summed E-state index contributed by atoms with van der Waals surface area (Å²) in [6.45, 7) is 3.47. The van der Waals surface area contributed by atoms with Gasteiger partial charge in [0.25, 0.3) is 5.91 Å². The van der Waals surface area contributed by atoms with Gasteiger partial charge in [0, 0.05) is 0 Å². The molecule has 0 radical (unpaired) electrons. The number of ether oxygens (including phenoxy) is 1. The maximum Gasteiger partial charge on any atom is 0.416 e. The summed E-state index contributed by atoms with van der Waals surface area (Å²) in [7, 11) is 0. The van der Waals surface area contributed by atoms with Gasteiger partial charge in [-0.3, -0.25) is 4.79 Å². The molecule has 0 aliphatic carbocycles. The summed E-state index contributed by atoms with van der Waals surface area (Å²) in [5.41, 5.74) is -0.0722. The molecule has 0 aromatic heterocycles. The van der Waals surface area contributed by atoms with E-state index in [1.54, 1.807) is 12.1 Å². The van der Waals surface area contributed by atoms with E-state index in [0.717, 1.165) is 30.2 Å². The number of carbonyl (C=O) groups is 1. The van der Waals surface area contributed by atoms with Gasteiger partial charge in [-0.15, -0.1) is 0 Å². The lowest BCUT2D eigenvalue weighted by molar-refractivity contribution is -0.137. The number of benzene rings is 2. The molecular weight excluding hydrogens is 355 g/mol. The van der Waals surface area contributed by atoms with Crippen molar-refractivity contribution in [1.82, 2.24) is 0 Å². The number of rotatable bonds is 5. The van der Waals surface area contributed by atoms with Crippen LogP contribution in [0.4, 0.5) is 18.9 Å². The highest BCUT2D eigenvalue weighted by Gasteiger charge is 2.31. The van der Waals surface area contributed by atoms with Gasteiger partial charge in [-0.25, -0.2) is 0 Å². The molecule has 134 valence electrons. The fourth-order valence-electron chi connectivity index (χ4n) is 2.19. The van der Waals surface area contributed by atoms with Gasteiger partial charge < -0.3 is 10.1 Å². The molecule has 0 fully saturated rings. The third-order valence-electron chi connectivity index (χ3n) is 3.58. The van der Waals surface area contributed by atoms with Crippen LogP contribution in [0.3, 0.4) is 0 Å². The topological polar surface area (TPSA) is 38.3 Å². The highest BCUT2D eigenvalue weighted by Crippen LogP contribution is 2.34. The molecule has 2 aromatic rings. The molecule has 3 nitrogen and oxygen atoms in total. The molecule has 1 atom stereocenters. The molecule has 7 heteroatoms. The summed E-state index contributed by atoms with van der Waals surface area (Å²) in [6, 6.07) is 10.0. The van der Waals surface area contributed by atoms with Crippen LogP contribution in [0.25, 0.3) is 0 Å². The van der Waals surface area contributed by atoms with Crippen molar-refractivity contribution in [3.05, 3.63) is 58.6 Å². The highest BCUT2D eigenvalue weighted by atomic mass is 35.5. The summed E-state index contributed by atoms with van der Waals surface area (Å²) < 4.78 is 44.0. The average Bonchev–Trinajstić information content (AvgIpc) is 2.56. The number of halogens is 4. The zero-order valence-corrected chi connectivity index (χ0v) is 14.4. The molecule has 0 heterocycles. The van der Waals surface area contributed by atoms with E-state index in [1.165, 1.54) is 6.92 Å². The van der Waals surface area contributed by atoms with Crippen LogP contribution < -0.4 is 10.1 Å². The van der Waals surface area contributed by atoms with E-state index in [2.05, 4.69) is 5.32 Å². The van der Waals surface area contributed by atoms with Gasteiger partial charge >= 0.3 is 6.18 Å². The minimum absolute atomic E-state index is 0.0162. The van der Waals surface area contributed by atoms with E-state index in [4.69, 9.17) is 16.3 Å². The molecule has 0 bridgehead atoms. The highest BCUT2D eigenvalue weighted by molar-refractivity contribution is 6.33. The molecule has 1 unspecified atom stereocenters. The number of aryl methyl sites for hydroxylation is 1. The molecule has 2 rings (SSSR count). The number of carbonyl (C=O) groups excluding carboxylic acids is 1. The van der Waals surface area contributed by atoms with E-state index < -0.39 is 23.8 Å².